The third-order valence-corrected chi connectivity index (χ3v) is 6.34. The number of amides is 1. The molecular weight excluding hydrogens is 408 g/mol. The number of sulfonamides is 1. The minimum absolute atomic E-state index is 0.305. The zero-order valence-corrected chi connectivity index (χ0v) is 18.6. The van der Waals surface area contributed by atoms with Gasteiger partial charge in [0.1, 0.15) is 11.8 Å². The molecule has 0 radical (unpaired) electrons. The highest BCUT2D eigenvalue weighted by Gasteiger charge is 2.31. The van der Waals surface area contributed by atoms with E-state index >= 15 is 0 Å². The monoisotopic (exact) mass is 436 g/mol. The van der Waals surface area contributed by atoms with Crippen LogP contribution in [0.1, 0.15) is 20.3 Å². The predicted molar refractivity (Wildman–Crippen MR) is 119 cm³/mol. The molecule has 1 N–H and O–H groups in total. The number of hydrogen-bond donors (Lipinski definition) is 1. The van der Waals surface area contributed by atoms with Crippen LogP contribution in [-0.4, -0.2) is 45.5 Å². The van der Waals surface area contributed by atoms with Crippen molar-refractivity contribution in [1.29, 1.82) is 0 Å². The molecule has 0 bridgehead atoms. The van der Waals surface area contributed by atoms with E-state index in [1.807, 2.05) is 37.3 Å². The van der Waals surface area contributed by atoms with Crippen molar-refractivity contribution in [3.05, 3.63) is 54.6 Å². The van der Waals surface area contributed by atoms with Gasteiger partial charge < -0.3 is 10.1 Å². The number of anilines is 1. The molecular formula is C21H28N2O4S2. The van der Waals surface area contributed by atoms with Crippen LogP contribution in [-0.2, 0) is 14.8 Å². The van der Waals surface area contributed by atoms with Crippen LogP contribution in [0, 0.1) is 0 Å². The predicted octanol–water partition coefficient (Wildman–Crippen LogP) is 3.54. The van der Waals surface area contributed by atoms with Crippen LogP contribution in [0.15, 0.2) is 59.5 Å². The molecule has 0 fully saturated rings. The Balaban J connectivity index is 2.06. The summed E-state index contributed by atoms with van der Waals surface area (Å²) in [6, 6.07) is 15.8. The molecule has 0 spiro atoms. The first-order chi connectivity index (χ1) is 13.9. The Bertz CT molecular complexity index is 871. The first-order valence-corrected chi connectivity index (χ1v) is 12.4. The summed E-state index contributed by atoms with van der Waals surface area (Å²) in [6.45, 7) is 4.66. The Morgan fingerprint density at radius 1 is 1.10 bits per heavy atom. The van der Waals surface area contributed by atoms with Gasteiger partial charge in [-0.1, -0.05) is 25.1 Å². The normalized spacial score (nSPS) is 12.2. The highest BCUT2D eigenvalue weighted by atomic mass is 32.2. The van der Waals surface area contributed by atoms with Crippen molar-refractivity contribution in [1.82, 2.24) is 5.32 Å². The van der Waals surface area contributed by atoms with Crippen LogP contribution in [0.25, 0.3) is 0 Å². The van der Waals surface area contributed by atoms with Crippen LogP contribution < -0.4 is 14.4 Å². The topological polar surface area (TPSA) is 75.7 Å². The zero-order chi connectivity index (χ0) is 21.3. The summed E-state index contributed by atoms with van der Waals surface area (Å²) in [4.78, 5) is 13.9. The molecule has 158 valence electrons. The molecule has 0 aromatic heterocycles. The zero-order valence-electron chi connectivity index (χ0n) is 17.0. The van der Waals surface area contributed by atoms with Crippen molar-refractivity contribution < 1.29 is 17.9 Å². The number of carbonyl (C=O) groups is 1. The maximum atomic E-state index is 12.8. The fourth-order valence-electron chi connectivity index (χ4n) is 2.89. The summed E-state index contributed by atoms with van der Waals surface area (Å²) in [5.41, 5.74) is 0.441. The molecule has 1 amide bonds. The van der Waals surface area contributed by atoms with Gasteiger partial charge >= 0.3 is 0 Å². The smallest absolute Gasteiger partial charge is 0.243 e. The Morgan fingerprint density at radius 3 is 2.31 bits per heavy atom. The van der Waals surface area contributed by atoms with Crippen LogP contribution in [0.5, 0.6) is 5.75 Å². The fraction of sp³-hybridized carbons (Fsp3) is 0.381. The number of thioether (sulfide) groups is 1. The summed E-state index contributed by atoms with van der Waals surface area (Å²) in [7, 11) is -3.65. The highest BCUT2D eigenvalue weighted by Crippen LogP contribution is 2.25. The number of carbonyl (C=O) groups excluding carboxylic acids is 1. The lowest BCUT2D eigenvalue weighted by Crippen LogP contribution is -2.49. The van der Waals surface area contributed by atoms with Crippen LogP contribution in [0.3, 0.4) is 0 Å². The van der Waals surface area contributed by atoms with Crippen LogP contribution in [0.2, 0.25) is 0 Å². The van der Waals surface area contributed by atoms with Crippen molar-refractivity contribution in [3.63, 3.8) is 0 Å². The summed E-state index contributed by atoms with van der Waals surface area (Å²) in [6.07, 6.45) is 1.47. The molecule has 0 heterocycles. The van der Waals surface area contributed by atoms with Gasteiger partial charge in [-0.05, 0) is 49.7 Å². The third-order valence-electron chi connectivity index (χ3n) is 4.15. The highest BCUT2D eigenvalue weighted by molar-refractivity contribution is 7.99. The molecule has 6 nitrogen and oxygen atoms in total. The molecule has 29 heavy (non-hydrogen) atoms. The first-order valence-electron chi connectivity index (χ1n) is 9.54. The number of rotatable bonds is 11. The number of hydrogen-bond acceptors (Lipinski definition) is 5. The van der Waals surface area contributed by atoms with E-state index in [0.717, 1.165) is 11.2 Å². The average molecular weight is 437 g/mol. The lowest BCUT2D eigenvalue weighted by atomic mass is 10.2. The van der Waals surface area contributed by atoms with Crippen LogP contribution in [0.4, 0.5) is 5.69 Å². The largest absolute Gasteiger partial charge is 0.494 e. The molecule has 0 saturated carbocycles. The molecule has 0 saturated heterocycles. The Hall–Kier alpha value is -2.19. The Morgan fingerprint density at radius 2 is 1.76 bits per heavy atom. The third kappa shape index (κ3) is 6.97. The second-order valence-corrected chi connectivity index (χ2v) is 9.39. The molecule has 2 aromatic rings. The van der Waals surface area contributed by atoms with Gasteiger partial charge in [0, 0.05) is 17.2 Å². The quantitative estimate of drug-likeness (QED) is 0.431. The molecule has 0 aliphatic heterocycles. The Labute approximate surface area is 177 Å². The number of nitrogens with one attached hydrogen (secondary N) is 1. The van der Waals surface area contributed by atoms with Crippen molar-refractivity contribution in [3.8, 4) is 5.75 Å². The lowest BCUT2D eigenvalue weighted by Gasteiger charge is -2.30. The number of benzene rings is 2. The van der Waals surface area contributed by atoms with E-state index in [2.05, 4.69) is 5.32 Å². The first kappa shape index (κ1) is 23.1. The number of nitrogens with zero attached hydrogens (tertiary/aromatic N) is 1. The van der Waals surface area contributed by atoms with Gasteiger partial charge in [0.2, 0.25) is 15.9 Å². The van der Waals surface area contributed by atoms with E-state index in [1.54, 1.807) is 43.0 Å². The van der Waals surface area contributed by atoms with Gasteiger partial charge in [-0.15, -0.1) is 11.8 Å². The summed E-state index contributed by atoms with van der Waals surface area (Å²) in [5.74, 6) is 1.05. The minimum Gasteiger partial charge on any atom is -0.494 e. The van der Waals surface area contributed by atoms with E-state index in [1.165, 1.54) is 4.31 Å². The van der Waals surface area contributed by atoms with Gasteiger partial charge in [0.25, 0.3) is 0 Å². The van der Waals surface area contributed by atoms with Crippen LogP contribution >= 0.6 is 11.8 Å². The SMILES string of the molecule is CCOc1ccc(N([C@H](CC)C(=O)NCCSc2ccccc2)S(C)(=O)=O)cc1. The molecule has 0 aliphatic carbocycles. The Kier molecular flexibility index (Phi) is 8.85. The lowest BCUT2D eigenvalue weighted by molar-refractivity contribution is -0.122. The van der Waals surface area contributed by atoms with E-state index in [-0.39, 0.29) is 5.91 Å². The standard InChI is InChI=1S/C21H28N2O4S2/c1-4-20(21(24)22-15-16-28-19-9-7-6-8-10-19)23(29(3,25)26)17-11-13-18(14-12-17)27-5-2/h6-14,20H,4-5,15-16H2,1-3H3,(H,22,24)/t20-/m1/s1. The molecule has 2 aromatic carbocycles. The van der Waals surface area contributed by atoms with Crippen molar-refractivity contribution in [2.24, 2.45) is 0 Å². The molecule has 2 rings (SSSR count). The maximum absolute atomic E-state index is 12.8. The van der Waals surface area contributed by atoms with E-state index in [0.29, 0.717) is 36.8 Å². The van der Waals surface area contributed by atoms with Crippen molar-refractivity contribution in [2.45, 2.75) is 31.2 Å². The molecule has 0 unspecified atom stereocenters. The van der Waals surface area contributed by atoms with Crippen molar-refractivity contribution >= 4 is 33.4 Å². The summed E-state index contributed by atoms with van der Waals surface area (Å²) in [5, 5.41) is 2.87. The van der Waals surface area contributed by atoms with E-state index in [4.69, 9.17) is 4.74 Å². The fourth-order valence-corrected chi connectivity index (χ4v) is 4.90. The second kappa shape index (κ2) is 11.1. The second-order valence-electron chi connectivity index (χ2n) is 6.36. The van der Waals surface area contributed by atoms with Gasteiger partial charge in [-0.3, -0.25) is 9.10 Å². The van der Waals surface area contributed by atoms with Gasteiger partial charge in [0.15, 0.2) is 0 Å². The maximum Gasteiger partial charge on any atom is 0.243 e. The van der Waals surface area contributed by atoms with Crippen molar-refractivity contribution in [2.75, 3.05) is 29.5 Å². The average Bonchev–Trinajstić information content (AvgIpc) is 2.70. The number of ether oxygens (including phenoxy) is 1. The molecule has 0 aliphatic rings. The molecule has 8 heteroatoms. The summed E-state index contributed by atoms with van der Waals surface area (Å²) >= 11 is 1.64. The van der Waals surface area contributed by atoms with Gasteiger partial charge in [0.05, 0.1) is 18.6 Å². The van der Waals surface area contributed by atoms with E-state index in [9.17, 15) is 13.2 Å². The van der Waals surface area contributed by atoms with Gasteiger partial charge in [-0.25, -0.2) is 8.42 Å². The molecule has 1 atom stereocenters. The minimum atomic E-state index is -3.65. The van der Waals surface area contributed by atoms with Gasteiger partial charge in [-0.2, -0.15) is 0 Å². The summed E-state index contributed by atoms with van der Waals surface area (Å²) < 4.78 is 31.5. The van der Waals surface area contributed by atoms with E-state index < -0.39 is 16.1 Å².